The third-order valence-corrected chi connectivity index (χ3v) is 9.85. The molecular formula is C26H52O6Sn. The summed E-state index contributed by atoms with van der Waals surface area (Å²) < 4.78 is 10.8. The van der Waals surface area contributed by atoms with Gasteiger partial charge in [0.05, 0.1) is 0 Å². The minimum atomic E-state index is -3.93. The summed E-state index contributed by atoms with van der Waals surface area (Å²) in [5, 5.41) is 20.2. The molecule has 0 aliphatic rings. The molecule has 0 heterocycles. The van der Waals surface area contributed by atoms with Gasteiger partial charge in [0.2, 0.25) is 0 Å². The fourth-order valence-corrected chi connectivity index (χ4v) is 7.48. The van der Waals surface area contributed by atoms with Crippen molar-refractivity contribution in [3.8, 4) is 0 Å². The van der Waals surface area contributed by atoms with E-state index in [0.717, 1.165) is 38.5 Å². The van der Waals surface area contributed by atoms with Crippen LogP contribution in [0.4, 0.5) is 0 Å². The van der Waals surface area contributed by atoms with Gasteiger partial charge in [0, 0.05) is 0 Å². The van der Waals surface area contributed by atoms with Crippen LogP contribution in [-0.2, 0) is 15.7 Å². The molecule has 0 rings (SSSR count). The standard InChI is InChI=1S/2C12H24O3.2CH3.Sn/c2*1-2-3-4-5-6-7-8-9-10-11(13)12(14)15;;;/h2*11,13H,2-10H2,1H3,(H,14,15);2*1H3;/q;;;;+2/p-2. The molecule has 0 radical (unpaired) electrons. The molecule has 0 aliphatic heterocycles. The van der Waals surface area contributed by atoms with Crippen LogP contribution in [0.5, 0.6) is 0 Å². The second kappa shape index (κ2) is 21.0. The van der Waals surface area contributed by atoms with Gasteiger partial charge in [-0.3, -0.25) is 0 Å². The van der Waals surface area contributed by atoms with E-state index in [2.05, 4.69) is 13.8 Å². The molecule has 0 spiro atoms. The topological polar surface area (TPSA) is 93.1 Å². The molecule has 0 saturated heterocycles. The minimum absolute atomic E-state index is 0.366. The molecule has 0 aromatic carbocycles. The van der Waals surface area contributed by atoms with E-state index in [-0.39, 0.29) is 0 Å². The average molecular weight is 579 g/mol. The fourth-order valence-electron chi connectivity index (χ4n) is 3.82. The van der Waals surface area contributed by atoms with Crippen molar-refractivity contribution in [3.05, 3.63) is 0 Å². The Morgan fingerprint density at radius 3 is 1.15 bits per heavy atom. The third kappa shape index (κ3) is 19.6. The Morgan fingerprint density at radius 1 is 0.576 bits per heavy atom. The van der Waals surface area contributed by atoms with Crippen molar-refractivity contribution in [1.29, 1.82) is 0 Å². The molecule has 0 bridgehead atoms. The molecule has 0 saturated carbocycles. The number of rotatable bonds is 22. The van der Waals surface area contributed by atoms with E-state index in [4.69, 9.17) is 6.15 Å². The number of carbonyl (C=O) groups excluding carboxylic acids is 2. The van der Waals surface area contributed by atoms with Crippen molar-refractivity contribution in [2.24, 2.45) is 0 Å². The van der Waals surface area contributed by atoms with Crippen LogP contribution < -0.4 is 0 Å². The first kappa shape index (κ1) is 32.7. The zero-order valence-electron chi connectivity index (χ0n) is 21.9. The maximum atomic E-state index is 12.2. The average Bonchev–Trinajstić information content (AvgIpc) is 2.76. The number of carbonyl (C=O) groups is 2. The third-order valence-electron chi connectivity index (χ3n) is 5.90. The SMILES string of the molecule is CCCCCCCCCCC(O)C(=O)[O][Sn]([CH3])([CH3])[O]C(=O)C(O)CCCCCCCCCC. The van der Waals surface area contributed by atoms with Crippen LogP contribution in [-0.4, -0.2) is 53.6 Å². The summed E-state index contributed by atoms with van der Waals surface area (Å²) in [4.78, 5) is 27.7. The van der Waals surface area contributed by atoms with Crippen LogP contribution in [0.1, 0.15) is 129 Å². The first-order chi connectivity index (χ1) is 15.7. The van der Waals surface area contributed by atoms with Crippen molar-refractivity contribution in [2.45, 2.75) is 152 Å². The number of hydrogen-bond donors (Lipinski definition) is 2. The molecular weight excluding hydrogens is 527 g/mol. The second-order valence-electron chi connectivity index (χ2n) is 9.80. The zero-order chi connectivity index (χ0) is 25.0. The Kier molecular flexibility index (Phi) is 20.8. The smallest absolute Gasteiger partial charge is 0.0654 e. The van der Waals surface area contributed by atoms with Crippen LogP contribution in [0, 0.1) is 0 Å². The van der Waals surface area contributed by atoms with Gasteiger partial charge in [0.1, 0.15) is 0 Å². The molecule has 0 aliphatic carbocycles. The number of aliphatic hydroxyl groups is 2. The predicted molar refractivity (Wildman–Crippen MR) is 136 cm³/mol. The first-order valence-corrected chi connectivity index (χ1v) is 21.6. The Morgan fingerprint density at radius 2 is 0.848 bits per heavy atom. The number of aliphatic hydroxyl groups excluding tert-OH is 2. The van der Waals surface area contributed by atoms with Gasteiger partial charge in [0.25, 0.3) is 0 Å². The monoisotopic (exact) mass is 580 g/mol. The van der Waals surface area contributed by atoms with Gasteiger partial charge in [-0.1, -0.05) is 13.8 Å². The van der Waals surface area contributed by atoms with Gasteiger partial charge in [-0.2, -0.15) is 0 Å². The van der Waals surface area contributed by atoms with E-state index in [0.29, 0.717) is 12.8 Å². The van der Waals surface area contributed by atoms with E-state index >= 15 is 0 Å². The number of hydrogen-bond acceptors (Lipinski definition) is 6. The summed E-state index contributed by atoms with van der Waals surface area (Å²) in [5.74, 6) is -1.41. The van der Waals surface area contributed by atoms with Gasteiger partial charge in [-0.25, -0.2) is 0 Å². The predicted octanol–water partition coefficient (Wildman–Crippen LogP) is 6.56. The van der Waals surface area contributed by atoms with Crippen LogP contribution in [0.15, 0.2) is 0 Å². The Labute approximate surface area is 208 Å². The van der Waals surface area contributed by atoms with Crippen molar-refractivity contribution in [2.75, 3.05) is 0 Å². The Balaban J connectivity index is 4.00. The Bertz CT molecular complexity index is 455. The zero-order valence-corrected chi connectivity index (χ0v) is 24.8. The van der Waals surface area contributed by atoms with Crippen molar-refractivity contribution < 1.29 is 26.0 Å². The first-order valence-electron chi connectivity index (χ1n) is 13.5. The second-order valence-corrected chi connectivity index (χ2v) is 19.0. The molecule has 2 atom stereocenters. The maximum absolute atomic E-state index is 12.2. The fraction of sp³-hybridized carbons (Fsp3) is 0.923. The summed E-state index contributed by atoms with van der Waals surface area (Å²) in [6, 6.07) is 0. The van der Waals surface area contributed by atoms with E-state index in [1.807, 2.05) is 0 Å². The van der Waals surface area contributed by atoms with Crippen LogP contribution in [0.2, 0.25) is 9.88 Å². The quantitative estimate of drug-likeness (QED) is 0.112. The van der Waals surface area contributed by atoms with Crippen molar-refractivity contribution in [3.63, 3.8) is 0 Å². The summed E-state index contributed by atoms with van der Waals surface area (Å²) in [6.45, 7) is 4.40. The molecule has 196 valence electrons. The molecule has 7 heteroatoms. The molecule has 0 aromatic heterocycles. The van der Waals surface area contributed by atoms with E-state index in [1.54, 1.807) is 9.88 Å². The van der Waals surface area contributed by atoms with Gasteiger partial charge >= 0.3 is 195 Å². The number of unbranched alkanes of at least 4 members (excludes halogenated alkanes) is 14. The van der Waals surface area contributed by atoms with Gasteiger partial charge < -0.3 is 0 Å². The van der Waals surface area contributed by atoms with Crippen LogP contribution in [0.3, 0.4) is 0 Å². The normalized spacial score (nSPS) is 13.5. The van der Waals surface area contributed by atoms with Crippen LogP contribution >= 0.6 is 0 Å². The molecule has 2 N–H and O–H groups in total. The van der Waals surface area contributed by atoms with E-state index in [1.165, 1.54) is 64.2 Å². The van der Waals surface area contributed by atoms with E-state index in [9.17, 15) is 19.8 Å². The Hall–Kier alpha value is -0.341. The summed E-state index contributed by atoms with van der Waals surface area (Å²) in [7, 11) is 0. The molecule has 2 unspecified atom stereocenters. The minimum Gasteiger partial charge on any atom is -0.0654 e. The summed E-state index contributed by atoms with van der Waals surface area (Å²) >= 11 is -3.93. The van der Waals surface area contributed by atoms with E-state index < -0.39 is 43.4 Å². The summed E-state index contributed by atoms with van der Waals surface area (Å²) in [6.07, 6.45) is 16.6. The molecule has 6 nitrogen and oxygen atoms in total. The molecule has 0 fully saturated rings. The van der Waals surface area contributed by atoms with Crippen molar-refractivity contribution >= 4 is 31.1 Å². The van der Waals surface area contributed by atoms with Crippen LogP contribution in [0.25, 0.3) is 0 Å². The molecule has 0 amide bonds. The van der Waals surface area contributed by atoms with Gasteiger partial charge in [-0.15, -0.1) is 0 Å². The molecule has 0 aromatic rings. The van der Waals surface area contributed by atoms with Crippen molar-refractivity contribution in [1.82, 2.24) is 0 Å². The van der Waals surface area contributed by atoms with Gasteiger partial charge in [-0.05, 0) is 0 Å². The van der Waals surface area contributed by atoms with Gasteiger partial charge in [0.15, 0.2) is 0 Å². The summed E-state index contributed by atoms with van der Waals surface area (Å²) in [5.41, 5.74) is 0. The molecule has 33 heavy (non-hydrogen) atoms.